The van der Waals surface area contributed by atoms with Crippen LogP contribution in [-0.4, -0.2) is 10.2 Å². The number of aromatic nitrogens is 2. The van der Waals surface area contributed by atoms with Crippen LogP contribution in [0.15, 0.2) is 46.9 Å². The maximum Gasteiger partial charge on any atom is 0.249 e. The van der Waals surface area contributed by atoms with Crippen molar-refractivity contribution >= 4 is 35.4 Å². The molecule has 0 aliphatic heterocycles. The topological polar surface area (TPSA) is 38.9 Å². The lowest BCUT2D eigenvalue weighted by atomic mass is 10.2. The van der Waals surface area contributed by atoms with Crippen molar-refractivity contribution in [2.75, 3.05) is 0 Å². The minimum atomic E-state index is -0.283. The molecular formula is C16H9Cl2FN2O. The van der Waals surface area contributed by atoms with Gasteiger partial charge in [-0.2, -0.15) is 0 Å². The van der Waals surface area contributed by atoms with E-state index >= 15 is 0 Å². The maximum atomic E-state index is 12.8. The van der Waals surface area contributed by atoms with Crippen LogP contribution in [0.25, 0.3) is 23.6 Å². The van der Waals surface area contributed by atoms with Crippen molar-refractivity contribution < 1.29 is 8.81 Å². The number of hydrogen-bond acceptors (Lipinski definition) is 3. The standard InChI is InChI=1S/C16H9Cl2FN2O/c17-11-4-7-13(14(18)9-11)16-21-20-15(22-16)8-3-10-1-5-12(19)6-2-10/h1-9H/b8-3+. The van der Waals surface area contributed by atoms with E-state index in [-0.39, 0.29) is 5.82 Å². The molecule has 0 amide bonds. The van der Waals surface area contributed by atoms with Crippen molar-refractivity contribution in [3.05, 3.63) is 69.8 Å². The van der Waals surface area contributed by atoms with Gasteiger partial charge in [-0.05, 0) is 42.0 Å². The molecular weight excluding hydrogens is 326 g/mol. The monoisotopic (exact) mass is 334 g/mol. The Morgan fingerprint density at radius 2 is 1.73 bits per heavy atom. The third-order valence-corrected chi connectivity index (χ3v) is 3.44. The molecule has 0 bridgehead atoms. The summed E-state index contributed by atoms with van der Waals surface area (Å²) in [5.74, 6) is 0.348. The predicted octanol–water partition coefficient (Wildman–Crippen LogP) is 5.35. The summed E-state index contributed by atoms with van der Waals surface area (Å²) >= 11 is 11.9. The van der Waals surface area contributed by atoms with Crippen LogP contribution in [0.5, 0.6) is 0 Å². The van der Waals surface area contributed by atoms with Gasteiger partial charge in [0.2, 0.25) is 11.8 Å². The summed E-state index contributed by atoms with van der Waals surface area (Å²) in [6, 6.07) is 11.1. The van der Waals surface area contributed by atoms with Gasteiger partial charge >= 0.3 is 0 Å². The first kappa shape index (κ1) is 14.8. The Morgan fingerprint density at radius 3 is 2.45 bits per heavy atom. The van der Waals surface area contributed by atoms with Crippen LogP contribution in [0.4, 0.5) is 4.39 Å². The zero-order valence-corrected chi connectivity index (χ0v) is 12.6. The van der Waals surface area contributed by atoms with Gasteiger partial charge in [0.05, 0.1) is 10.6 Å². The van der Waals surface area contributed by atoms with Gasteiger partial charge in [0.25, 0.3) is 0 Å². The Labute approximate surface area is 136 Å². The van der Waals surface area contributed by atoms with Crippen LogP contribution in [-0.2, 0) is 0 Å². The number of hydrogen-bond donors (Lipinski definition) is 0. The highest BCUT2D eigenvalue weighted by atomic mass is 35.5. The molecule has 0 fully saturated rings. The maximum absolute atomic E-state index is 12.8. The molecule has 1 aromatic heterocycles. The van der Waals surface area contributed by atoms with Crippen molar-refractivity contribution in [3.8, 4) is 11.5 Å². The highest BCUT2D eigenvalue weighted by Gasteiger charge is 2.11. The molecule has 0 saturated carbocycles. The molecule has 0 spiro atoms. The van der Waals surface area contributed by atoms with Gasteiger partial charge in [-0.25, -0.2) is 4.39 Å². The lowest BCUT2D eigenvalue weighted by molar-refractivity contribution is 0.558. The fourth-order valence-corrected chi connectivity index (χ4v) is 2.30. The average molecular weight is 335 g/mol. The van der Waals surface area contributed by atoms with Gasteiger partial charge < -0.3 is 4.42 Å². The third-order valence-electron chi connectivity index (χ3n) is 2.89. The highest BCUT2D eigenvalue weighted by Crippen LogP contribution is 2.29. The number of nitrogens with zero attached hydrogens (tertiary/aromatic N) is 2. The Bertz CT molecular complexity index is 828. The van der Waals surface area contributed by atoms with E-state index in [0.29, 0.717) is 27.4 Å². The summed E-state index contributed by atoms with van der Waals surface area (Å²) < 4.78 is 18.3. The Hall–Kier alpha value is -2.17. The predicted molar refractivity (Wildman–Crippen MR) is 85.1 cm³/mol. The summed E-state index contributed by atoms with van der Waals surface area (Å²) in [7, 11) is 0. The lowest BCUT2D eigenvalue weighted by Crippen LogP contribution is -1.79. The van der Waals surface area contributed by atoms with E-state index in [1.807, 2.05) is 0 Å². The second-order valence-corrected chi connectivity index (χ2v) is 5.30. The Morgan fingerprint density at radius 1 is 0.955 bits per heavy atom. The SMILES string of the molecule is Fc1ccc(/C=C/c2nnc(-c3ccc(Cl)cc3Cl)o2)cc1. The van der Waals surface area contributed by atoms with Crippen molar-refractivity contribution in [2.45, 2.75) is 0 Å². The third kappa shape index (κ3) is 3.35. The van der Waals surface area contributed by atoms with Crippen LogP contribution in [0, 0.1) is 5.82 Å². The fourth-order valence-electron chi connectivity index (χ4n) is 1.82. The van der Waals surface area contributed by atoms with Gasteiger partial charge in [0.15, 0.2) is 0 Å². The van der Waals surface area contributed by atoms with Gasteiger partial charge in [-0.15, -0.1) is 10.2 Å². The van der Waals surface area contributed by atoms with E-state index in [2.05, 4.69) is 10.2 Å². The van der Waals surface area contributed by atoms with Crippen molar-refractivity contribution in [1.29, 1.82) is 0 Å². The quantitative estimate of drug-likeness (QED) is 0.647. The second-order valence-electron chi connectivity index (χ2n) is 4.45. The molecule has 0 aliphatic carbocycles. The number of benzene rings is 2. The van der Waals surface area contributed by atoms with Crippen LogP contribution in [0.3, 0.4) is 0 Å². The summed E-state index contributed by atoms with van der Waals surface area (Å²) in [5.41, 5.74) is 1.44. The molecule has 0 unspecified atom stereocenters. The molecule has 22 heavy (non-hydrogen) atoms. The zero-order valence-electron chi connectivity index (χ0n) is 11.1. The normalized spacial score (nSPS) is 11.2. The van der Waals surface area contributed by atoms with Gasteiger partial charge in [0.1, 0.15) is 5.82 Å². The molecule has 0 saturated heterocycles. The molecule has 110 valence electrons. The Kier molecular flexibility index (Phi) is 4.22. The van der Waals surface area contributed by atoms with Crippen molar-refractivity contribution in [2.24, 2.45) is 0 Å². The summed E-state index contributed by atoms with van der Waals surface area (Å²) in [6.07, 6.45) is 3.40. The van der Waals surface area contributed by atoms with Gasteiger partial charge in [-0.1, -0.05) is 35.3 Å². The van der Waals surface area contributed by atoms with Crippen LogP contribution in [0.1, 0.15) is 11.5 Å². The van der Waals surface area contributed by atoms with Crippen LogP contribution < -0.4 is 0 Å². The first-order valence-corrected chi connectivity index (χ1v) is 7.10. The zero-order chi connectivity index (χ0) is 15.5. The van der Waals surface area contributed by atoms with E-state index in [1.165, 1.54) is 12.1 Å². The van der Waals surface area contributed by atoms with Gasteiger partial charge in [-0.3, -0.25) is 0 Å². The molecule has 2 aromatic carbocycles. The fraction of sp³-hybridized carbons (Fsp3) is 0. The summed E-state index contributed by atoms with van der Waals surface area (Å²) in [5, 5.41) is 8.83. The molecule has 6 heteroatoms. The van der Waals surface area contributed by atoms with E-state index in [1.54, 1.807) is 42.5 Å². The smallest absolute Gasteiger partial charge is 0.249 e. The second kappa shape index (κ2) is 6.30. The number of halogens is 3. The van der Waals surface area contributed by atoms with E-state index in [0.717, 1.165) is 5.56 Å². The molecule has 0 atom stereocenters. The van der Waals surface area contributed by atoms with E-state index in [4.69, 9.17) is 27.6 Å². The molecule has 0 radical (unpaired) electrons. The molecule has 3 nitrogen and oxygen atoms in total. The van der Waals surface area contributed by atoms with Crippen molar-refractivity contribution in [1.82, 2.24) is 10.2 Å². The molecule has 1 heterocycles. The lowest BCUT2D eigenvalue weighted by Gasteiger charge is -1.98. The largest absolute Gasteiger partial charge is 0.417 e. The van der Waals surface area contributed by atoms with Crippen LogP contribution >= 0.6 is 23.2 Å². The van der Waals surface area contributed by atoms with Crippen LogP contribution in [0.2, 0.25) is 10.0 Å². The molecule has 0 aliphatic rings. The molecule has 3 rings (SSSR count). The minimum absolute atomic E-state index is 0.283. The number of rotatable bonds is 3. The minimum Gasteiger partial charge on any atom is -0.417 e. The first-order chi connectivity index (χ1) is 10.6. The summed E-state index contributed by atoms with van der Waals surface area (Å²) in [6.45, 7) is 0. The molecule has 0 N–H and O–H groups in total. The van der Waals surface area contributed by atoms with Crippen molar-refractivity contribution in [3.63, 3.8) is 0 Å². The Balaban J connectivity index is 1.83. The van der Waals surface area contributed by atoms with E-state index in [9.17, 15) is 4.39 Å². The summed E-state index contributed by atoms with van der Waals surface area (Å²) in [4.78, 5) is 0. The highest BCUT2D eigenvalue weighted by molar-refractivity contribution is 6.36. The van der Waals surface area contributed by atoms with Gasteiger partial charge in [0, 0.05) is 11.1 Å². The molecule has 3 aromatic rings. The average Bonchev–Trinajstić information content (AvgIpc) is 2.95. The first-order valence-electron chi connectivity index (χ1n) is 6.34. The van der Waals surface area contributed by atoms with E-state index < -0.39 is 0 Å².